The Morgan fingerprint density at radius 1 is 1.38 bits per heavy atom. The van der Waals surface area contributed by atoms with Gasteiger partial charge in [-0.2, -0.15) is 0 Å². The van der Waals surface area contributed by atoms with Crippen molar-refractivity contribution in [1.29, 1.82) is 0 Å². The van der Waals surface area contributed by atoms with Gasteiger partial charge in [-0.1, -0.05) is 0 Å². The van der Waals surface area contributed by atoms with Gasteiger partial charge in [-0.25, -0.2) is 9.78 Å². The summed E-state index contributed by atoms with van der Waals surface area (Å²) in [5, 5.41) is 3.98. The molecule has 0 atom stereocenters. The molecule has 0 saturated heterocycles. The highest BCUT2D eigenvalue weighted by molar-refractivity contribution is 5.84. The molecule has 0 N–H and O–H groups in total. The molecule has 0 aliphatic heterocycles. The summed E-state index contributed by atoms with van der Waals surface area (Å²) in [7, 11) is 1.75. The van der Waals surface area contributed by atoms with Crippen LogP contribution in [0.3, 0.4) is 0 Å². The number of hydrogen-bond donors (Lipinski definition) is 0. The number of carbonyl (C=O) groups is 1. The number of ether oxygens (including phenoxy) is 2. The monoisotopic (exact) mass is 227 g/mol. The fourth-order valence-electron chi connectivity index (χ4n) is 1.22. The molecule has 1 heterocycles. The fraction of sp³-hybridized carbons (Fsp3) is 0.700. The summed E-state index contributed by atoms with van der Waals surface area (Å²) in [5.41, 5.74) is 0. The Morgan fingerprint density at radius 3 is 2.75 bits per heavy atom. The van der Waals surface area contributed by atoms with E-state index in [1.165, 1.54) is 0 Å². The maximum atomic E-state index is 11.3. The van der Waals surface area contributed by atoms with Gasteiger partial charge in [0, 0.05) is 20.1 Å². The Bertz CT molecular complexity index is 349. The summed E-state index contributed by atoms with van der Waals surface area (Å²) < 4.78 is 11.6. The molecular formula is C10H17N3O3. The van der Waals surface area contributed by atoms with E-state index in [-0.39, 0.29) is 5.82 Å². The summed E-state index contributed by atoms with van der Waals surface area (Å²) >= 11 is 0. The predicted octanol–water partition coefficient (Wildman–Crippen LogP) is 0.571. The number of hydrogen-bond acceptors (Lipinski definition) is 5. The van der Waals surface area contributed by atoms with Crippen LogP contribution in [0, 0.1) is 0 Å². The Morgan fingerprint density at radius 2 is 2.12 bits per heavy atom. The quantitative estimate of drug-likeness (QED) is 0.525. The second-order valence-electron chi connectivity index (χ2n) is 3.14. The third kappa shape index (κ3) is 3.30. The minimum atomic E-state index is -0.485. The molecule has 0 aliphatic carbocycles. The summed E-state index contributed by atoms with van der Waals surface area (Å²) in [6.45, 7) is 5.25. The molecule has 0 radical (unpaired) electrons. The van der Waals surface area contributed by atoms with E-state index in [9.17, 15) is 4.79 Å². The van der Waals surface area contributed by atoms with Crippen LogP contribution >= 0.6 is 0 Å². The largest absolute Gasteiger partial charge is 0.460 e. The number of nitrogens with zero attached hydrogens (tertiary/aromatic N) is 3. The highest BCUT2D eigenvalue weighted by Crippen LogP contribution is 2.00. The first-order chi connectivity index (χ1) is 7.69. The van der Waals surface area contributed by atoms with Crippen LogP contribution in [0.5, 0.6) is 0 Å². The van der Waals surface area contributed by atoms with Crippen LogP contribution in [0.15, 0.2) is 0 Å². The molecule has 1 aromatic rings. The minimum absolute atomic E-state index is 0.107. The molecule has 0 aromatic carbocycles. The molecule has 0 unspecified atom stereocenters. The van der Waals surface area contributed by atoms with Crippen molar-refractivity contribution < 1.29 is 14.3 Å². The normalized spacial score (nSPS) is 10.4. The van der Waals surface area contributed by atoms with Gasteiger partial charge in [0.1, 0.15) is 5.82 Å². The van der Waals surface area contributed by atoms with Gasteiger partial charge >= 0.3 is 5.97 Å². The number of aromatic nitrogens is 3. The van der Waals surface area contributed by atoms with Crippen molar-refractivity contribution in [1.82, 2.24) is 14.8 Å². The molecule has 16 heavy (non-hydrogen) atoms. The van der Waals surface area contributed by atoms with Gasteiger partial charge in [0.05, 0.1) is 13.2 Å². The number of aryl methyl sites for hydroxylation is 1. The topological polar surface area (TPSA) is 66.2 Å². The van der Waals surface area contributed by atoms with Gasteiger partial charge in [0.25, 0.3) is 5.82 Å². The van der Waals surface area contributed by atoms with Gasteiger partial charge in [0.15, 0.2) is 0 Å². The summed E-state index contributed by atoms with van der Waals surface area (Å²) in [5.74, 6) is 0.341. The van der Waals surface area contributed by atoms with Crippen LogP contribution in [0.25, 0.3) is 0 Å². The van der Waals surface area contributed by atoms with Crippen LogP contribution in [0.4, 0.5) is 0 Å². The minimum Gasteiger partial charge on any atom is -0.460 e. The summed E-state index contributed by atoms with van der Waals surface area (Å²) in [6, 6.07) is 0. The Kier molecular flexibility index (Phi) is 4.91. The zero-order valence-electron chi connectivity index (χ0n) is 9.89. The SMILES string of the molecule is CCOCCc1nc(C(=O)OCC)nn1C. The smallest absolute Gasteiger partial charge is 0.378 e. The van der Waals surface area contributed by atoms with E-state index < -0.39 is 5.97 Å². The lowest BCUT2D eigenvalue weighted by atomic mass is 10.4. The second kappa shape index (κ2) is 6.22. The molecule has 1 aromatic heterocycles. The van der Waals surface area contributed by atoms with E-state index in [2.05, 4.69) is 10.1 Å². The van der Waals surface area contributed by atoms with Gasteiger partial charge in [0.2, 0.25) is 0 Å². The summed E-state index contributed by atoms with van der Waals surface area (Å²) in [6.07, 6.45) is 0.636. The highest BCUT2D eigenvalue weighted by atomic mass is 16.5. The van der Waals surface area contributed by atoms with Crippen molar-refractivity contribution in [2.75, 3.05) is 19.8 Å². The van der Waals surface area contributed by atoms with Gasteiger partial charge < -0.3 is 9.47 Å². The Balaban J connectivity index is 2.62. The van der Waals surface area contributed by atoms with Crippen LogP contribution in [-0.2, 0) is 22.9 Å². The van der Waals surface area contributed by atoms with Crippen LogP contribution in [-0.4, -0.2) is 40.6 Å². The van der Waals surface area contributed by atoms with Crippen LogP contribution < -0.4 is 0 Å². The first-order valence-electron chi connectivity index (χ1n) is 5.33. The van der Waals surface area contributed by atoms with Crippen molar-refractivity contribution in [3.05, 3.63) is 11.6 Å². The Hall–Kier alpha value is -1.43. The fourth-order valence-corrected chi connectivity index (χ4v) is 1.22. The first kappa shape index (κ1) is 12.6. The predicted molar refractivity (Wildman–Crippen MR) is 57.2 cm³/mol. The van der Waals surface area contributed by atoms with Crippen molar-refractivity contribution in [2.24, 2.45) is 7.05 Å². The standard InChI is InChI=1S/C10H17N3O3/c1-4-15-7-6-8-11-9(12-13(8)3)10(14)16-5-2/h4-7H2,1-3H3. The molecule has 0 amide bonds. The van der Waals surface area contributed by atoms with Crippen molar-refractivity contribution >= 4 is 5.97 Å². The highest BCUT2D eigenvalue weighted by Gasteiger charge is 2.15. The molecular weight excluding hydrogens is 210 g/mol. The van der Waals surface area contributed by atoms with Crippen molar-refractivity contribution in [3.8, 4) is 0 Å². The molecule has 1 rings (SSSR count). The van der Waals surface area contributed by atoms with Gasteiger partial charge in [-0.05, 0) is 13.8 Å². The Labute approximate surface area is 94.6 Å². The van der Waals surface area contributed by atoms with E-state index >= 15 is 0 Å². The molecule has 0 saturated carbocycles. The van der Waals surface area contributed by atoms with Gasteiger partial charge in [-0.3, -0.25) is 4.68 Å². The molecule has 6 heteroatoms. The van der Waals surface area contributed by atoms with Gasteiger partial charge in [-0.15, -0.1) is 5.10 Å². The molecule has 6 nitrogen and oxygen atoms in total. The van der Waals surface area contributed by atoms with E-state index in [0.29, 0.717) is 26.2 Å². The average Bonchev–Trinajstić information content (AvgIpc) is 2.61. The molecule has 0 fully saturated rings. The maximum absolute atomic E-state index is 11.3. The van der Waals surface area contributed by atoms with Crippen molar-refractivity contribution in [2.45, 2.75) is 20.3 Å². The molecule has 90 valence electrons. The second-order valence-corrected chi connectivity index (χ2v) is 3.14. The third-order valence-electron chi connectivity index (χ3n) is 1.99. The lowest BCUT2D eigenvalue weighted by Crippen LogP contribution is -2.07. The number of esters is 1. The van der Waals surface area contributed by atoms with E-state index in [1.807, 2.05) is 6.92 Å². The van der Waals surface area contributed by atoms with E-state index in [0.717, 1.165) is 5.82 Å². The van der Waals surface area contributed by atoms with Crippen molar-refractivity contribution in [3.63, 3.8) is 0 Å². The first-order valence-corrected chi connectivity index (χ1v) is 5.33. The zero-order chi connectivity index (χ0) is 12.0. The lowest BCUT2D eigenvalue weighted by Gasteiger charge is -1.99. The summed E-state index contributed by atoms with van der Waals surface area (Å²) in [4.78, 5) is 15.4. The molecule has 0 aliphatic rings. The average molecular weight is 227 g/mol. The van der Waals surface area contributed by atoms with E-state index in [1.54, 1.807) is 18.7 Å². The van der Waals surface area contributed by atoms with Crippen LogP contribution in [0.1, 0.15) is 30.3 Å². The van der Waals surface area contributed by atoms with Crippen LogP contribution in [0.2, 0.25) is 0 Å². The molecule has 0 spiro atoms. The lowest BCUT2D eigenvalue weighted by molar-refractivity contribution is 0.0511. The third-order valence-corrected chi connectivity index (χ3v) is 1.99. The maximum Gasteiger partial charge on any atom is 0.378 e. The number of rotatable bonds is 6. The zero-order valence-corrected chi connectivity index (χ0v) is 9.89. The molecule has 0 bridgehead atoms. The van der Waals surface area contributed by atoms with E-state index in [4.69, 9.17) is 9.47 Å². The number of carbonyl (C=O) groups excluding carboxylic acids is 1.